The summed E-state index contributed by atoms with van der Waals surface area (Å²) < 4.78 is 5.27. The molecular weight excluding hydrogens is 188 g/mol. The fourth-order valence-corrected chi connectivity index (χ4v) is 1.46. The second-order valence-corrected chi connectivity index (χ2v) is 3.90. The van der Waals surface area contributed by atoms with Gasteiger partial charge in [0.15, 0.2) is 0 Å². The van der Waals surface area contributed by atoms with Crippen molar-refractivity contribution in [1.29, 1.82) is 0 Å². The highest BCUT2D eigenvalue weighted by Crippen LogP contribution is 2.12. The lowest BCUT2D eigenvalue weighted by molar-refractivity contribution is 0.0852. The minimum Gasteiger partial charge on any atom is -0.380 e. The molecule has 1 rings (SSSR count). The molecule has 0 aromatic carbocycles. The largest absolute Gasteiger partial charge is 0.380 e. The summed E-state index contributed by atoms with van der Waals surface area (Å²) in [7, 11) is 1.73. The van der Waals surface area contributed by atoms with Gasteiger partial charge >= 0.3 is 0 Å². The van der Waals surface area contributed by atoms with Crippen molar-refractivity contribution in [3.63, 3.8) is 0 Å². The summed E-state index contributed by atoms with van der Waals surface area (Å²) in [5, 5.41) is 3.48. The molecule has 1 heterocycles. The highest BCUT2D eigenvalue weighted by atomic mass is 16.5. The lowest BCUT2D eigenvalue weighted by Gasteiger charge is -2.24. The van der Waals surface area contributed by atoms with Crippen LogP contribution in [0, 0.1) is 0 Å². The zero-order valence-corrected chi connectivity index (χ0v) is 9.90. The number of aromatic nitrogens is 1. The first-order chi connectivity index (χ1) is 7.15. The van der Waals surface area contributed by atoms with E-state index in [0.29, 0.717) is 12.1 Å². The Hall–Kier alpha value is -0.930. The summed E-state index contributed by atoms with van der Waals surface area (Å²) in [6, 6.07) is 4.66. The van der Waals surface area contributed by atoms with E-state index in [-0.39, 0.29) is 6.10 Å². The maximum atomic E-state index is 5.27. The topological polar surface area (TPSA) is 34.1 Å². The van der Waals surface area contributed by atoms with Gasteiger partial charge in [0.2, 0.25) is 0 Å². The van der Waals surface area contributed by atoms with Gasteiger partial charge in [-0.05, 0) is 32.4 Å². The first kappa shape index (κ1) is 12.1. The molecule has 3 atom stereocenters. The smallest absolute Gasteiger partial charge is 0.0693 e. The van der Waals surface area contributed by atoms with Gasteiger partial charge in [-0.1, -0.05) is 6.07 Å². The second-order valence-electron chi connectivity index (χ2n) is 3.90. The molecule has 1 aromatic rings. The Bertz CT molecular complexity index is 276. The van der Waals surface area contributed by atoms with Gasteiger partial charge in [-0.15, -0.1) is 0 Å². The maximum absolute atomic E-state index is 5.27. The molecule has 1 aromatic heterocycles. The first-order valence-corrected chi connectivity index (χ1v) is 5.34. The highest BCUT2D eigenvalue weighted by Gasteiger charge is 2.14. The van der Waals surface area contributed by atoms with Crippen LogP contribution in [0.5, 0.6) is 0 Å². The normalized spacial score (nSPS) is 17.1. The van der Waals surface area contributed by atoms with Gasteiger partial charge in [0.1, 0.15) is 0 Å². The molecule has 3 heteroatoms. The van der Waals surface area contributed by atoms with Crippen molar-refractivity contribution >= 4 is 0 Å². The molecule has 0 fully saturated rings. The Morgan fingerprint density at radius 2 is 2.07 bits per heavy atom. The number of hydrogen-bond acceptors (Lipinski definition) is 3. The van der Waals surface area contributed by atoms with Crippen molar-refractivity contribution in [3.8, 4) is 0 Å². The minimum atomic E-state index is 0.212. The Labute approximate surface area is 91.9 Å². The third-order valence-electron chi connectivity index (χ3n) is 2.77. The number of rotatable bonds is 5. The van der Waals surface area contributed by atoms with Crippen molar-refractivity contribution in [3.05, 3.63) is 30.1 Å². The zero-order chi connectivity index (χ0) is 11.3. The number of nitrogens with one attached hydrogen (secondary N) is 1. The predicted molar refractivity (Wildman–Crippen MR) is 61.7 cm³/mol. The molecule has 0 saturated carbocycles. The van der Waals surface area contributed by atoms with E-state index in [1.54, 1.807) is 13.3 Å². The van der Waals surface area contributed by atoms with Gasteiger partial charge in [-0.3, -0.25) is 4.98 Å². The predicted octanol–water partition coefficient (Wildman–Crippen LogP) is 2.16. The molecule has 0 spiro atoms. The van der Waals surface area contributed by atoms with Crippen LogP contribution in [0.25, 0.3) is 0 Å². The second kappa shape index (κ2) is 5.83. The monoisotopic (exact) mass is 208 g/mol. The van der Waals surface area contributed by atoms with Crippen LogP contribution in [0.2, 0.25) is 0 Å². The van der Waals surface area contributed by atoms with E-state index in [1.807, 2.05) is 12.3 Å². The maximum Gasteiger partial charge on any atom is 0.0693 e. The third-order valence-corrected chi connectivity index (χ3v) is 2.77. The van der Waals surface area contributed by atoms with E-state index >= 15 is 0 Å². The highest BCUT2D eigenvalue weighted by molar-refractivity contribution is 5.12. The number of pyridine rings is 1. The van der Waals surface area contributed by atoms with Crippen LogP contribution in [-0.2, 0) is 4.74 Å². The molecule has 3 nitrogen and oxygen atoms in total. The van der Waals surface area contributed by atoms with Crippen LogP contribution in [-0.4, -0.2) is 24.2 Å². The number of ether oxygens (including phenoxy) is 1. The Balaban J connectivity index is 2.52. The first-order valence-electron chi connectivity index (χ1n) is 5.34. The van der Waals surface area contributed by atoms with Gasteiger partial charge in [0.25, 0.3) is 0 Å². The van der Waals surface area contributed by atoms with E-state index in [2.05, 4.69) is 37.1 Å². The van der Waals surface area contributed by atoms with Crippen LogP contribution in [0.4, 0.5) is 0 Å². The summed E-state index contributed by atoms with van der Waals surface area (Å²) in [6.07, 6.45) is 3.89. The van der Waals surface area contributed by atoms with Crippen LogP contribution in [0.1, 0.15) is 32.4 Å². The van der Waals surface area contributed by atoms with Crippen molar-refractivity contribution < 1.29 is 4.74 Å². The van der Waals surface area contributed by atoms with Crippen molar-refractivity contribution in [1.82, 2.24) is 10.3 Å². The van der Waals surface area contributed by atoms with Crippen LogP contribution in [0.15, 0.2) is 24.5 Å². The number of methoxy groups -OCH3 is 1. The van der Waals surface area contributed by atoms with Crippen molar-refractivity contribution in [2.24, 2.45) is 0 Å². The van der Waals surface area contributed by atoms with Crippen LogP contribution in [0.3, 0.4) is 0 Å². The Morgan fingerprint density at radius 1 is 1.33 bits per heavy atom. The van der Waals surface area contributed by atoms with Gasteiger partial charge in [0, 0.05) is 31.6 Å². The molecular formula is C12H20N2O. The van der Waals surface area contributed by atoms with Gasteiger partial charge in [-0.25, -0.2) is 0 Å². The van der Waals surface area contributed by atoms with E-state index < -0.39 is 0 Å². The molecule has 0 radical (unpaired) electrons. The summed E-state index contributed by atoms with van der Waals surface area (Å²) in [4.78, 5) is 4.11. The fourth-order valence-electron chi connectivity index (χ4n) is 1.46. The van der Waals surface area contributed by atoms with Crippen LogP contribution < -0.4 is 5.32 Å². The summed E-state index contributed by atoms with van der Waals surface area (Å²) in [5.41, 5.74) is 1.20. The summed E-state index contributed by atoms with van der Waals surface area (Å²) in [5.74, 6) is 0. The standard InChI is InChI=1S/C12H20N2O/c1-9(11(3)15-4)14-10(2)12-6-5-7-13-8-12/h5-11,14H,1-4H3/t9?,10-,11?/m1/s1. The van der Waals surface area contributed by atoms with E-state index in [4.69, 9.17) is 4.74 Å². The molecule has 0 aliphatic heterocycles. The minimum absolute atomic E-state index is 0.212. The fraction of sp³-hybridized carbons (Fsp3) is 0.583. The van der Waals surface area contributed by atoms with Crippen LogP contribution >= 0.6 is 0 Å². The van der Waals surface area contributed by atoms with E-state index in [0.717, 1.165) is 0 Å². The molecule has 0 aliphatic rings. The third kappa shape index (κ3) is 3.61. The lowest BCUT2D eigenvalue weighted by Crippen LogP contribution is -2.38. The molecule has 1 N–H and O–H groups in total. The number of hydrogen-bond donors (Lipinski definition) is 1. The molecule has 84 valence electrons. The summed E-state index contributed by atoms with van der Waals surface area (Å²) in [6.45, 7) is 6.32. The molecule has 2 unspecified atom stereocenters. The zero-order valence-electron chi connectivity index (χ0n) is 9.90. The van der Waals surface area contributed by atoms with Gasteiger partial charge in [-0.2, -0.15) is 0 Å². The van der Waals surface area contributed by atoms with Gasteiger partial charge < -0.3 is 10.1 Å². The molecule has 15 heavy (non-hydrogen) atoms. The molecule has 0 saturated heterocycles. The Kier molecular flexibility index (Phi) is 4.72. The molecule has 0 aliphatic carbocycles. The molecule has 0 bridgehead atoms. The quantitative estimate of drug-likeness (QED) is 0.805. The van der Waals surface area contributed by atoms with E-state index in [9.17, 15) is 0 Å². The number of nitrogens with zero attached hydrogens (tertiary/aromatic N) is 1. The average molecular weight is 208 g/mol. The van der Waals surface area contributed by atoms with E-state index in [1.165, 1.54) is 5.56 Å². The van der Waals surface area contributed by atoms with Gasteiger partial charge in [0.05, 0.1) is 6.10 Å². The summed E-state index contributed by atoms with van der Waals surface area (Å²) >= 11 is 0. The SMILES string of the molecule is COC(C)C(C)N[C@H](C)c1cccnc1. The average Bonchev–Trinajstić information content (AvgIpc) is 2.29. The van der Waals surface area contributed by atoms with Crippen molar-refractivity contribution in [2.45, 2.75) is 39.0 Å². The molecule has 0 amide bonds. The lowest BCUT2D eigenvalue weighted by atomic mass is 10.1. The van der Waals surface area contributed by atoms with Crippen molar-refractivity contribution in [2.75, 3.05) is 7.11 Å². The Morgan fingerprint density at radius 3 is 2.60 bits per heavy atom.